The Hall–Kier alpha value is -2.37. The number of hydrogen-bond acceptors (Lipinski definition) is 3. The Balaban J connectivity index is 1.43. The summed E-state index contributed by atoms with van der Waals surface area (Å²) in [6.45, 7) is 2.44. The average molecular weight is 428 g/mol. The van der Waals surface area contributed by atoms with Gasteiger partial charge in [-0.3, -0.25) is 9.69 Å². The van der Waals surface area contributed by atoms with E-state index in [9.17, 15) is 9.59 Å². The molecule has 5 nitrogen and oxygen atoms in total. The summed E-state index contributed by atoms with van der Waals surface area (Å²) in [5, 5.41) is 0.822. The van der Waals surface area contributed by atoms with Crippen LogP contribution >= 0.6 is 11.6 Å². The van der Waals surface area contributed by atoms with Gasteiger partial charge in [0.05, 0.1) is 5.69 Å². The lowest BCUT2D eigenvalue weighted by molar-refractivity contribution is 0.0978. The first kappa shape index (κ1) is 22.3. The van der Waals surface area contributed by atoms with E-state index in [0.29, 0.717) is 13.0 Å². The molecule has 0 aromatic heterocycles. The van der Waals surface area contributed by atoms with Crippen molar-refractivity contribution in [1.82, 2.24) is 9.80 Å². The second kappa shape index (κ2) is 10.1. The smallest absolute Gasteiger partial charge is 0.323 e. The van der Waals surface area contributed by atoms with Crippen LogP contribution in [0, 0.1) is 0 Å². The number of halogens is 1. The maximum atomic E-state index is 12.6. The van der Waals surface area contributed by atoms with E-state index in [1.54, 1.807) is 23.9 Å². The van der Waals surface area contributed by atoms with Gasteiger partial charge in [0.2, 0.25) is 0 Å². The van der Waals surface area contributed by atoms with Crippen LogP contribution in [0.25, 0.3) is 0 Å². The molecule has 0 radical (unpaired) electrons. The highest BCUT2D eigenvalue weighted by atomic mass is 35.5. The van der Waals surface area contributed by atoms with E-state index < -0.39 is 0 Å². The number of carbonyl (C=O) groups excluding carboxylic acids is 2. The van der Waals surface area contributed by atoms with Crippen molar-refractivity contribution < 1.29 is 9.59 Å². The molecule has 0 saturated heterocycles. The van der Waals surface area contributed by atoms with Crippen molar-refractivity contribution in [2.45, 2.75) is 32.2 Å². The molecule has 1 aliphatic rings. The standard InChI is InChI=1S/C24H30ClN3O2/c1-26(15-13-18-8-4-5-9-21(18)25)14-7-6-10-23(29)19-11-12-22-20(16-19)17-27(2)24(30)28(22)3/h4-5,8-9,11-12,16H,6-7,10,13-15,17H2,1-3H3. The van der Waals surface area contributed by atoms with Gasteiger partial charge in [0.15, 0.2) is 5.78 Å². The van der Waals surface area contributed by atoms with Gasteiger partial charge in [-0.1, -0.05) is 29.8 Å². The molecule has 1 heterocycles. The highest BCUT2D eigenvalue weighted by Gasteiger charge is 2.25. The van der Waals surface area contributed by atoms with E-state index in [2.05, 4.69) is 18.0 Å². The summed E-state index contributed by atoms with van der Waals surface area (Å²) < 4.78 is 0. The van der Waals surface area contributed by atoms with Crippen molar-refractivity contribution in [3.05, 3.63) is 64.2 Å². The first-order valence-electron chi connectivity index (χ1n) is 10.4. The minimum absolute atomic E-state index is 0.0276. The molecular weight excluding hydrogens is 398 g/mol. The molecule has 0 aliphatic carbocycles. The van der Waals surface area contributed by atoms with Gasteiger partial charge in [-0.05, 0) is 68.2 Å². The molecule has 160 valence electrons. The number of unbranched alkanes of at least 4 members (excludes halogenated alkanes) is 1. The fraction of sp³-hybridized carbons (Fsp3) is 0.417. The van der Waals surface area contributed by atoms with Crippen LogP contribution in [0.5, 0.6) is 0 Å². The number of rotatable bonds is 9. The van der Waals surface area contributed by atoms with Crippen molar-refractivity contribution in [2.75, 3.05) is 39.1 Å². The molecule has 0 unspecified atom stereocenters. The molecule has 2 aromatic rings. The first-order chi connectivity index (χ1) is 14.4. The topological polar surface area (TPSA) is 43.9 Å². The molecule has 1 aliphatic heterocycles. The Labute approximate surface area is 184 Å². The maximum absolute atomic E-state index is 12.6. The van der Waals surface area contributed by atoms with E-state index >= 15 is 0 Å². The fourth-order valence-electron chi connectivity index (χ4n) is 3.83. The summed E-state index contributed by atoms with van der Waals surface area (Å²) >= 11 is 6.22. The number of carbonyl (C=O) groups is 2. The van der Waals surface area contributed by atoms with Crippen molar-refractivity contribution in [3.8, 4) is 0 Å². The second-order valence-electron chi connectivity index (χ2n) is 8.07. The summed E-state index contributed by atoms with van der Waals surface area (Å²) in [6.07, 6.45) is 3.32. The Morgan fingerprint density at radius 3 is 2.63 bits per heavy atom. The van der Waals surface area contributed by atoms with E-state index in [1.165, 1.54) is 5.56 Å². The molecule has 0 N–H and O–H groups in total. The van der Waals surface area contributed by atoms with E-state index in [1.807, 2.05) is 36.4 Å². The number of likely N-dealkylation sites (N-methyl/N-ethyl adjacent to an activating group) is 1. The fourth-order valence-corrected chi connectivity index (χ4v) is 4.06. The lowest BCUT2D eigenvalue weighted by atomic mass is 10.00. The van der Waals surface area contributed by atoms with Crippen LogP contribution in [0.3, 0.4) is 0 Å². The minimum Gasteiger partial charge on any atom is -0.323 e. The van der Waals surface area contributed by atoms with Crippen LogP contribution in [0.1, 0.15) is 40.7 Å². The van der Waals surface area contributed by atoms with Gasteiger partial charge in [-0.15, -0.1) is 0 Å². The largest absolute Gasteiger partial charge is 0.324 e. The lowest BCUT2D eigenvalue weighted by Crippen LogP contribution is -2.42. The molecule has 2 aromatic carbocycles. The highest BCUT2D eigenvalue weighted by Crippen LogP contribution is 2.28. The summed E-state index contributed by atoms with van der Waals surface area (Å²) in [6, 6.07) is 13.6. The number of benzene rings is 2. The van der Waals surface area contributed by atoms with Crippen LogP contribution in [0.2, 0.25) is 5.02 Å². The number of hydrogen-bond donors (Lipinski definition) is 0. The number of ketones is 1. The van der Waals surface area contributed by atoms with E-state index in [-0.39, 0.29) is 11.8 Å². The van der Waals surface area contributed by atoms with Gasteiger partial charge in [0.1, 0.15) is 0 Å². The van der Waals surface area contributed by atoms with Gasteiger partial charge < -0.3 is 9.80 Å². The van der Waals surface area contributed by atoms with Crippen LogP contribution in [-0.4, -0.2) is 55.8 Å². The molecule has 0 saturated carbocycles. The zero-order chi connectivity index (χ0) is 21.7. The average Bonchev–Trinajstić information content (AvgIpc) is 2.74. The lowest BCUT2D eigenvalue weighted by Gasteiger charge is -2.32. The highest BCUT2D eigenvalue weighted by molar-refractivity contribution is 6.31. The number of Topliss-reactive ketones (excluding diaryl/α,β-unsaturated/α-hetero) is 1. The van der Waals surface area contributed by atoms with Gasteiger partial charge in [0.25, 0.3) is 0 Å². The summed E-state index contributed by atoms with van der Waals surface area (Å²) in [5.41, 5.74) is 3.81. The molecular formula is C24H30ClN3O2. The normalized spacial score (nSPS) is 13.7. The SMILES string of the molecule is CN(CCCCC(=O)c1ccc2c(c1)CN(C)C(=O)N2C)CCc1ccccc1Cl. The minimum atomic E-state index is -0.0276. The van der Waals surface area contributed by atoms with Gasteiger partial charge in [-0.2, -0.15) is 0 Å². The third-order valence-electron chi connectivity index (χ3n) is 5.70. The van der Waals surface area contributed by atoms with Crippen molar-refractivity contribution in [2.24, 2.45) is 0 Å². The summed E-state index contributed by atoms with van der Waals surface area (Å²) in [4.78, 5) is 30.3. The Morgan fingerprint density at radius 2 is 1.87 bits per heavy atom. The predicted molar refractivity (Wildman–Crippen MR) is 123 cm³/mol. The molecule has 0 atom stereocenters. The number of nitrogens with zero attached hydrogens (tertiary/aromatic N) is 3. The molecule has 30 heavy (non-hydrogen) atoms. The Kier molecular flexibility index (Phi) is 7.51. The Bertz CT molecular complexity index is 915. The zero-order valence-electron chi connectivity index (χ0n) is 18.0. The third kappa shape index (κ3) is 5.41. The molecule has 3 rings (SSSR count). The summed E-state index contributed by atoms with van der Waals surface area (Å²) in [5.74, 6) is 0.165. The summed E-state index contributed by atoms with van der Waals surface area (Å²) in [7, 11) is 5.65. The number of urea groups is 1. The van der Waals surface area contributed by atoms with Gasteiger partial charge in [-0.25, -0.2) is 4.79 Å². The molecule has 0 fully saturated rings. The monoisotopic (exact) mass is 427 g/mol. The van der Waals surface area contributed by atoms with Crippen LogP contribution in [-0.2, 0) is 13.0 Å². The van der Waals surface area contributed by atoms with Crippen molar-refractivity contribution in [3.63, 3.8) is 0 Å². The van der Waals surface area contributed by atoms with E-state index in [4.69, 9.17) is 11.6 Å². The number of fused-ring (bicyclic) bond motifs is 1. The molecule has 2 amide bonds. The van der Waals surface area contributed by atoms with Crippen LogP contribution in [0.4, 0.5) is 10.5 Å². The molecule has 0 bridgehead atoms. The molecule has 6 heteroatoms. The van der Waals surface area contributed by atoms with Crippen molar-refractivity contribution >= 4 is 29.1 Å². The van der Waals surface area contributed by atoms with Gasteiger partial charge in [0, 0.05) is 44.2 Å². The maximum Gasteiger partial charge on any atom is 0.324 e. The third-order valence-corrected chi connectivity index (χ3v) is 6.07. The second-order valence-corrected chi connectivity index (χ2v) is 8.47. The van der Waals surface area contributed by atoms with Crippen molar-refractivity contribution in [1.29, 1.82) is 0 Å². The van der Waals surface area contributed by atoms with Crippen LogP contribution in [0.15, 0.2) is 42.5 Å². The number of anilines is 1. The predicted octanol–water partition coefficient (Wildman–Crippen LogP) is 4.87. The zero-order valence-corrected chi connectivity index (χ0v) is 18.8. The quantitative estimate of drug-likeness (QED) is 0.423. The van der Waals surface area contributed by atoms with Gasteiger partial charge >= 0.3 is 6.03 Å². The Morgan fingerprint density at radius 1 is 1.10 bits per heavy atom. The number of amides is 2. The van der Waals surface area contributed by atoms with E-state index in [0.717, 1.165) is 54.2 Å². The van der Waals surface area contributed by atoms with Crippen LogP contribution < -0.4 is 4.90 Å². The first-order valence-corrected chi connectivity index (χ1v) is 10.8. The molecule has 0 spiro atoms.